The summed E-state index contributed by atoms with van der Waals surface area (Å²) in [6.45, 7) is 2.02. The van der Waals surface area contributed by atoms with E-state index in [9.17, 15) is 5.11 Å². The lowest BCUT2D eigenvalue weighted by atomic mass is 10.0. The molecular formula is C12H17IO2. The van der Waals surface area contributed by atoms with Crippen LogP contribution in [0.5, 0.6) is 0 Å². The smallest absolute Gasteiger partial charge is 0.0841 e. The van der Waals surface area contributed by atoms with Gasteiger partial charge in [-0.3, -0.25) is 0 Å². The van der Waals surface area contributed by atoms with Crippen molar-refractivity contribution < 1.29 is 9.84 Å². The Bertz CT molecular complexity index is 280. The molecule has 0 aliphatic carbocycles. The predicted octanol–water partition coefficient (Wildman–Crippen LogP) is 2.62. The molecule has 84 valence electrons. The van der Waals surface area contributed by atoms with Crippen LogP contribution in [-0.2, 0) is 11.2 Å². The molecule has 0 aliphatic heterocycles. The van der Waals surface area contributed by atoms with Crippen LogP contribution in [0.1, 0.15) is 18.9 Å². The number of aliphatic hydroxyl groups is 1. The maximum Gasteiger partial charge on any atom is 0.0841 e. The fraction of sp³-hybridized carbons (Fsp3) is 0.500. The Kier molecular flexibility index (Phi) is 5.56. The predicted molar refractivity (Wildman–Crippen MR) is 70.0 cm³/mol. The maximum absolute atomic E-state index is 9.90. The van der Waals surface area contributed by atoms with Gasteiger partial charge in [0.2, 0.25) is 0 Å². The number of rotatable bonds is 5. The van der Waals surface area contributed by atoms with Gasteiger partial charge in [-0.2, -0.15) is 0 Å². The normalized spacial score (nSPS) is 14.9. The van der Waals surface area contributed by atoms with E-state index in [2.05, 4.69) is 34.7 Å². The van der Waals surface area contributed by atoms with Crippen LogP contribution in [0.2, 0.25) is 0 Å². The van der Waals surface area contributed by atoms with Crippen LogP contribution in [-0.4, -0.2) is 24.4 Å². The third-order valence-corrected chi connectivity index (χ3v) is 3.21. The molecule has 0 saturated heterocycles. The van der Waals surface area contributed by atoms with Gasteiger partial charge < -0.3 is 9.84 Å². The van der Waals surface area contributed by atoms with Gasteiger partial charge in [0.25, 0.3) is 0 Å². The molecule has 0 spiro atoms. The van der Waals surface area contributed by atoms with E-state index >= 15 is 0 Å². The number of aliphatic hydroxyl groups excluding tert-OH is 1. The lowest BCUT2D eigenvalue weighted by Crippen LogP contribution is -2.29. The van der Waals surface area contributed by atoms with E-state index in [0.717, 1.165) is 12.0 Å². The van der Waals surface area contributed by atoms with Crippen LogP contribution in [0.25, 0.3) is 0 Å². The molecule has 1 N–H and O–H groups in total. The van der Waals surface area contributed by atoms with E-state index in [1.54, 1.807) is 7.11 Å². The zero-order chi connectivity index (χ0) is 11.3. The Morgan fingerprint density at radius 3 is 2.40 bits per heavy atom. The first-order valence-electron chi connectivity index (χ1n) is 5.12. The fourth-order valence-electron chi connectivity index (χ4n) is 1.59. The molecule has 0 bridgehead atoms. The number of halogens is 1. The Hall–Kier alpha value is -0.130. The first kappa shape index (κ1) is 12.9. The second-order valence-electron chi connectivity index (χ2n) is 3.58. The minimum atomic E-state index is -0.417. The van der Waals surface area contributed by atoms with Gasteiger partial charge in [-0.15, -0.1) is 0 Å². The molecule has 15 heavy (non-hydrogen) atoms. The zero-order valence-corrected chi connectivity index (χ0v) is 11.3. The third-order valence-electron chi connectivity index (χ3n) is 2.49. The van der Waals surface area contributed by atoms with Gasteiger partial charge in [-0.25, -0.2) is 0 Å². The minimum absolute atomic E-state index is 0.0655. The standard InChI is InChI=1S/C12H17IO2/c1-3-12(15-2)11(14)8-9-4-6-10(13)7-5-9/h4-7,11-12,14H,3,8H2,1-2H3. The van der Waals surface area contributed by atoms with Gasteiger partial charge in [0.05, 0.1) is 12.2 Å². The Morgan fingerprint density at radius 1 is 1.33 bits per heavy atom. The summed E-state index contributed by atoms with van der Waals surface area (Å²) in [5, 5.41) is 9.90. The average Bonchev–Trinajstić information content (AvgIpc) is 2.23. The summed E-state index contributed by atoms with van der Waals surface area (Å²) >= 11 is 2.27. The average molecular weight is 320 g/mol. The molecule has 0 fully saturated rings. The number of benzene rings is 1. The second-order valence-corrected chi connectivity index (χ2v) is 4.83. The highest BCUT2D eigenvalue weighted by molar-refractivity contribution is 14.1. The summed E-state index contributed by atoms with van der Waals surface area (Å²) in [5.41, 5.74) is 1.15. The molecule has 0 radical (unpaired) electrons. The van der Waals surface area contributed by atoms with Crippen LogP contribution < -0.4 is 0 Å². The molecule has 1 aromatic carbocycles. The van der Waals surface area contributed by atoms with Crippen molar-refractivity contribution in [2.24, 2.45) is 0 Å². The van der Waals surface area contributed by atoms with Gasteiger partial charge in [0.15, 0.2) is 0 Å². The van der Waals surface area contributed by atoms with Gasteiger partial charge in [-0.05, 0) is 46.7 Å². The largest absolute Gasteiger partial charge is 0.390 e. The lowest BCUT2D eigenvalue weighted by molar-refractivity contribution is -0.0128. The van der Waals surface area contributed by atoms with Crippen LogP contribution in [0, 0.1) is 3.57 Å². The van der Waals surface area contributed by atoms with E-state index in [0.29, 0.717) is 6.42 Å². The van der Waals surface area contributed by atoms with E-state index < -0.39 is 6.10 Å². The highest BCUT2D eigenvalue weighted by Gasteiger charge is 2.16. The SMILES string of the molecule is CCC(OC)C(O)Cc1ccc(I)cc1. The maximum atomic E-state index is 9.90. The lowest BCUT2D eigenvalue weighted by Gasteiger charge is -2.20. The van der Waals surface area contributed by atoms with Crippen LogP contribution in [0.3, 0.4) is 0 Å². The monoisotopic (exact) mass is 320 g/mol. The summed E-state index contributed by atoms with van der Waals surface area (Å²) in [6.07, 6.45) is 1.01. The zero-order valence-electron chi connectivity index (χ0n) is 9.11. The summed E-state index contributed by atoms with van der Waals surface area (Å²) in [4.78, 5) is 0. The Labute approximate surface area is 105 Å². The molecule has 0 amide bonds. The number of hydrogen-bond donors (Lipinski definition) is 1. The van der Waals surface area contributed by atoms with Crippen LogP contribution in [0.15, 0.2) is 24.3 Å². The molecule has 0 heterocycles. The van der Waals surface area contributed by atoms with Gasteiger partial charge in [0, 0.05) is 17.1 Å². The molecule has 2 unspecified atom stereocenters. The first-order valence-corrected chi connectivity index (χ1v) is 6.20. The van der Waals surface area contributed by atoms with E-state index in [4.69, 9.17) is 4.74 Å². The molecule has 0 saturated carbocycles. The second kappa shape index (κ2) is 6.45. The molecule has 2 nitrogen and oxygen atoms in total. The van der Waals surface area contributed by atoms with Crippen LogP contribution in [0.4, 0.5) is 0 Å². The van der Waals surface area contributed by atoms with Gasteiger partial charge in [0.1, 0.15) is 0 Å². The fourth-order valence-corrected chi connectivity index (χ4v) is 1.95. The quantitative estimate of drug-likeness (QED) is 0.845. The van der Waals surface area contributed by atoms with Gasteiger partial charge >= 0.3 is 0 Å². The number of methoxy groups -OCH3 is 1. The van der Waals surface area contributed by atoms with Crippen molar-refractivity contribution in [1.29, 1.82) is 0 Å². The highest BCUT2D eigenvalue weighted by atomic mass is 127. The topological polar surface area (TPSA) is 29.5 Å². The van der Waals surface area contributed by atoms with Crippen molar-refractivity contribution in [1.82, 2.24) is 0 Å². The van der Waals surface area contributed by atoms with E-state index in [1.165, 1.54) is 3.57 Å². The first-order chi connectivity index (χ1) is 7.17. The minimum Gasteiger partial charge on any atom is -0.390 e. The third kappa shape index (κ3) is 4.09. The van der Waals surface area contributed by atoms with Crippen molar-refractivity contribution in [2.45, 2.75) is 32.0 Å². The molecule has 3 heteroatoms. The Balaban J connectivity index is 2.57. The van der Waals surface area contributed by atoms with E-state index in [1.807, 2.05) is 19.1 Å². The van der Waals surface area contributed by atoms with E-state index in [-0.39, 0.29) is 6.10 Å². The van der Waals surface area contributed by atoms with Crippen molar-refractivity contribution >= 4 is 22.6 Å². The van der Waals surface area contributed by atoms with Crippen molar-refractivity contribution in [2.75, 3.05) is 7.11 Å². The summed E-state index contributed by atoms with van der Waals surface area (Å²) in [7, 11) is 1.64. The van der Waals surface area contributed by atoms with Crippen molar-refractivity contribution in [3.8, 4) is 0 Å². The molecule has 1 aromatic rings. The molecular weight excluding hydrogens is 303 g/mol. The molecule has 1 rings (SSSR count). The summed E-state index contributed by atoms with van der Waals surface area (Å²) in [6, 6.07) is 8.20. The summed E-state index contributed by atoms with van der Waals surface area (Å²) < 4.78 is 6.42. The molecule has 0 aromatic heterocycles. The Morgan fingerprint density at radius 2 is 1.93 bits per heavy atom. The van der Waals surface area contributed by atoms with Crippen molar-refractivity contribution in [3.63, 3.8) is 0 Å². The number of hydrogen-bond acceptors (Lipinski definition) is 2. The summed E-state index contributed by atoms with van der Waals surface area (Å²) in [5.74, 6) is 0. The van der Waals surface area contributed by atoms with Crippen molar-refractivity contribution in [3.05, 3.63) is 33.4 Å². The van der Waals surface area contributed by atoms with Gasteiger partial charge in [-0.1, -0.05) is 19.1 Å². The van der Waals surface area contributed by atoms with Crippen LogP contribution >= 0.6 is 22.6 Å². The highest BCUT2D eigenvalue weighted by Crippen LogP contribution is 2.12. The molecule has 0 aliphatic rings. The molecule has 2 atom stereocenters. The number of ether oxygens (including phenoxy) is 1.